The Morgan fingerprint density at radius 1 is 1.33 bits per heavy atom. The first-order valence-electron chi connectivity index (χ1n) is 6.52. The molecule has 0 aliphatic heterocycles. The zero-order valence-electron chi connectivity index (χ0n) is 12.0. The number of nitrogen functional groups attached to an aromatic ring is 1. The molecule has 2 aromatic rings. The van der Waals surface area contributed by atoms with Crippen LogP contribution in [-0.2, 0) is 6.54 Å². The second kappa shape index (κ2) is 4.30. The number of aryl methyl sites for hydroxylation is 1. The summed E-state index contributed by atoms with van der Waals surface area (Å²) < 4.78 is 2.15. The molecule has 1 unspecified atom stereocenters. The predicted molar refractivity (Wildman–Crippen MR) is 77.5 cm³/mol. The van der Waals surface area contributed by atoms with E-state index in [-0.39, 0.29) is 5.41 Å². The normalized spacial score (nSPS) is 14.1. The Morgan fingerprint density at radius 3 is 2.61 bits per heavy atom. The molecule has 1 aromatic heterocycles. The van der Waals surface area contributed by atoms with E-state index >= 15 is 0 Å². The van der Waals surface area contributed by atoms with E-state index in [1.165, 1.54) is 11.1 Å². The zero-order chi connectivity index (χ0) is 13.5. The van der Waals surface area contributed by atoms with Crippen LogP contribution in [0.1, 0.15) is 33.3 Å². The van der Waals surface area contributed by atoms with Crippen LogP contribution < -0.4 is 5.73 Å². The number of anilines is 1. The van der Waals surface area contributed by atoms with Crippen LogP contribution in [-0.4, -0.2) is 9.55 Å². The molecule has 1 heterocycles. The maximum Gasteiger partial charge on any atom is 0.201 e. The molecule has 2 rings (SSSR count). The maximum absolute atomic E-state index is 6.07. The fourth-order valence-electron chi connectivity index (χ4n) is 2.12. The van der Waals surface area contributed by atoms with E-state index < -0.39 is 0 Å². The average molecular weight is 245 g/mol. The van der Waals surface area contributed by atoms with Crippen LogP contribution >= 0.6 is 0 Å². The number of benzene rings is 1. The van der Waals surface area contributed by atoms with Gasteiger partial charge >= 0.3 is 0 Å². The average Bonchev–Trinajstić information content (AvgIpc) is 2.55. The molecule has 0 radical (unpaired) electrons. The van der Waals surface area contributed by atoms with Crippen LogP contribution in [0.4, 0.5) is 5.95 Å². The molecule has 0 fully saturated rings. The number of hydrogen-bond acceptors (Lipinski definition) is 2. The van der Waals surface area contributed by atoms with Gasteiger partial charge < -0.3 is 10.3 Å². The van der Waals surface area contributed by atoms with Crippen molar-refractivity contribution in [2.24, 2.45) is 11.3 Å². The molecule has 0 aliphatic rings. The summed E-state index contributed by atoms with van der Waals surface area (Å²) in [6, 6.07) is 6.17. The Hall–Kier alpha value is -1.51. The highest BCUT2D eigenvalue weighted by Crippen LogP contribution is 2.30. The Kier molecular flexibility index (Phi) is 3.09. The second-order valence-corrected chi connectivity index (χ2v) is 6.29. The number of aromatic nitrogens is 2. The van der Waals surface area contributed by atoms with Gasteiger partial charge in [0, 0.05) is 6.54 Å². The molecule has 0 bridgehead atoms. The summed E-state index contributed by atoms with van der Waals surface area (Å²) in [5.41, 5.74) is 9.74. The number of fused-ring (bicyclic) bond motifs is 1. The number of nitrogens with zero attached hydrogens (tertiary/aromatic N) is 2. The van der Waals surface area contributed by atoms with Gasteiger partial charge in [-0.3, -0.25) is 0 Å². The third-order valence-corrected chi connectivity index (χ3v) is 3.93. The standard InChI is InChI=1S/C15H23N3/c1-10-7-6-8-12-13(10)18(14(16)17-12)9-11(2)15(3,4)5/h6-8,11H,9H2,1-5H3,(H2,16,17). The highest BCUT2D eigenvalue weighted by atomic mass is 15.2. The van der Waals surface area contributed by atoms with Gasteiger partial charge in [0.15, 0.2) is 0 Å². The van der Waals surface area contributed by atoms with Crippen molar-refractivity contribution >= 4 is 17.0 Å². The Bertz CT molecular complexity index is 561. The Labute approximate surface area is 109 Å². The smallest absolute Gasteiger partial charge is 0.201 e. The van der Waals surface area contributed by atoms with Gasteiger partial charge in [-0.2, -0.15) is 0 Å². The molecular formula is C15H23N3. The van der Waals surface area contributed by atoms with Gasteiger partial charge in [-0.05, 0) is 29.9 Å². The topological polar surface area (TPSA) is 43.8 Å². The SMILES string of the molecule is Cc1cccc2nc(N)n(CC(C)C(C)(C)C)c12. The fraction of sp³-hybridized carbons (Fsp3) is 0.533. The molecular weight excluding hydrogens is 222 g/mol. The molecule has 0 saturated carbocycles. The van der Waals surface area contributed by atoms with Crippen molar-refractivity contribution in [1.29, 1.82) is 0 Å². The highest BCUT2D eigenvalue weighted by molar-refractivity contribution is 5.81. The van der Waals surface area contributed by atoms with E-state index in [4.69, 9.17) is 5.73 Å². The molecule has 3 heteroatoms. The molecule has 0 amide bonds. The van der Waals surface area contributed by atoms with Gasteiger partial charge in [-0.25, -0.2) is 4.98 Å². The van der Waals surface area contributed by atoms with Gasteiger partial charge in [0.05, 0.1) is 11.0 Å². The monoisotopic (exact) mass is 245 g/mol. The first-order valence-corrected chi connectivity index (χ1v) is 6.52. The quantitative estimate of drug-likeness (QED) is 0.878. The summed E-state index contributed by atoms with van der Waals surface area (Å²) in [4.78, 5) is 4.45. The summed E-state index contributed by atoms with van der Waals surface area (Å²) in [6.45, 7) is 12.1. The zero-order valence-corrected chi connectivity index (χ0v) is 12.0. The predicted octanol–water partition coefficient (Wildman–Crippen LogP) is 3.61. The molecule has 1 atom stereocenters. The van der Waals surface area contributed by atoms with Crippen LogP contribution in [0, 0.1) is 18.3 Å². The summed E-state index contributed by atoms with van der Waals surface area (Å²) in [5, 5.41) is 0. The molecule has 0 saturated heterocycles. The largest absolute Gasteiger partial charge is 0.369 e. The number of nitrogens with two attached hydrogens (primary N) is 1. The summed E-state index contributed by atoms with van der Waals surface area (Å²) >= 11 is 0. The minimum Gasteiger partial charge on any atom is -0.369 e. The minimum absolute atomic E-state index is 0.270. The van der Waals surface area contributed by atoms with E-state index in [2.05, 4.69) is 50.2 Å². The molecule has 18 heavy (non-hydrogen) atoms. The van der Waals surface area contributed by atoms with Crippen LogP contribution in [0.5, 0.6) is 0 Å². The van der Waals surface area contributed by atoms with E-state index in [1.54, 1.807) is 0 Å². The highest BCUT2D eigenvalue weighted by Gasteiger charge is 2.22. The van der Waals surface area contributed by atoms with Gasteiger partial charge in [0.2, 0.25) is 5.95 Å². The fourth-order valence-corrected chi connectivity index (χ4v) is 2.12. The molecule has 0 spiro atoms. The lowest BCUT2D eigenvalue weighted by atomic mass is 9.82. The lowest BCUT2D eigenvalue weighted by molar-refractivity contribution is 0.236. The van der Waals surface area contributed by atoms with Crippen LogP contribution in [0.25, 0.3) is 11.0 Å². The van der Waals surface area contributed by atoms with Crippen molar-refractivity contribution in [3.63, 3.8) is 0 Å². The van der Waals surface area contributed by atoms with Gasteiger partial charge in [-0.15, -0.1) is 0 Å². The molecule has 1 aromatic carbocycles. The second-order valence-electron chi connectivity index (χ2n) is 6.29. The summed E-state index contributed by atoms with van der Waals surface area (Å²) in [6.07, 6.45) is 0. The van der Waals surface area contributed by atoms with Crippen LogP contribution in [0.2, 0.25) is 0 Å². The van der Waals surface area contributed by atoms with Crippen molar-refractivity contribution in [2.45, 2.75) is 41.2 Å². The molecule has 0 aliphatic carbocycles. The third-order valence-electron chi connectivity index (χ3n) is 3.93. The molecule has 98 valence electrons. The lowest BCUT2D eigenvalue weighted by Gasteiger charge is -2.28. The van der Waals surface area contributed by atoms with E-state index in [0.29, 0.717) is 11.9 Å². The third kappa shape index (κ3) is 2.22. The number of hydrogen-bond donors (Lipinski definition) is 1. The molecule has 2 N–H and O–H groups in total. The first kappa shape index (κ1) is 12.9. The van der Waals surface area contributed by atoms with Gasteiger partial charge in [-0.1, -0.05) is 39.8 Å². The van der Waals surface area contributed by atoms with Gasteiger partial charge in [0.25, 0.3) is 0 Å². The van der Waals surface area contributed by atoms with Crippen molar-refractivity contribution in [3.05, 3.63) is 23.8 Å². The van der Waals surface area contributed by atoms with E-state index in [0.717, 1.165) is 12.1 Å². The number of rotatable bonds is 2. The van der Waals surface area contributed by atoms with Gasteiger partial charge in [0.1, 0.15) is 0 Å². The molecule has 3 nitrogen and oxygen atoms in total. The maximum atomic E-state index is 6.07. The van der Waals surface area contributed by atoms with E-state index in [1.807, 2.05) is 12.1 Å². The van der Waals surface area contributed by atoms with Crippen molar-refractivity contribution in [2.75, 3.05) is 5.73 Å². The van der Waals surface area contributed by atoms with Crippen molar-refractivity contribution in [1.82, 2.24) is 9.55 Å². The summed E-state index contributed by atoms with van der Waals surface area (Å²) in [5.74, 6) is 1.16. The Balaban J connectivity index is 2.48. The minimum atomic E-state index is 0.270. The lowest BCUT2D eigenvalue weighted by Crippen LogP contribution is -2.23. The Morgan fingerprint density at radius 2 is 2.00 bits per heavy atom. The number of imidazole rings is 1. The van der Waals surface area contributed by atoms with Crippen molar-refractivity contribution < 1.29 is 0 Å². The van der Waals surface area contributed by atoms with Crippen molar-refractivity contribution in [3.8, 4) is 0 Å². The van der Waals surface area contributed by atoms with Crippen LogP contribution in [0.15, 0.2) is 18.2 Å². The van der Waals surface area contributed by atoms with Crippen LogP contribution in [0.3, 0.4) is 0 Å². The number of para-hydroxylation sites is 1. The van der Waals surface area contributed by atoms with E-state index in [9.17, 15) is 0 Å². The first-order chi connectivity index (χ1) is 8.30. The summed E-state index contributed by atoms with van der Waals surface area (Å²) in [7, 11) is 0.